The van der Waals surface area contributed by atoms with Crippen LogP contribution >= 0.6 is 0 Å². The second-order valence-corrected chi connectivity index (χ2v) is 5.38. The molecule has 3 N–H and O–H groups in total. The zero-order valence-electron chi connectivity index (χ0n) is 11.7. The lowest BCUT2D eigenvalue weighted by molar-refractivity contribution is -0.0907. The number of carbonyl (C=O) groups is 1. The standard InChI is InChI=1S/C13H25N3O3/c1-18-8-7-15-12(17)16-11-2-4-13(5-3-11)10-14-6-9-19-13/h11,14H,2-10H2,1H3,(H2,15,16,17). The molecule has 0 aromatic carbocycles. The minimum absolute atomic E-state index is 0.0168. The van der Waals surface area contributed by atoms with Crippen LogP contribution in [-0.2, 0) is 9.47 Å². The van der Waals surface area contributed by atoms with E-state index in [0.717, 1.165) is 45.4 Å². The van der Waals surface area contributed by atoms with Gasteiger partial charge in [-0.15, -0.1) is 0 Å². The van der Waals surface area contributed by atoms with Crippen LogP contribution < -0.4 is 16.0 Å². The van der Waals surface area contributed by atoms with Gasteiger partial charge in [-0.3, -0.25) is 0 Å². The minimum atomic E-state index is -0.0966. The Morgan fingerprint density at radius 1 is 1.47 bits per heavy atom. The number of carbonyl (C=O) groups excluding carboxylic acids is 1. The van der Waals surface area contributed by atoms with Crippen molar-refractivity contribution in [2.45, 2.75) is 37.3 Å². The number of morpholine rings is 1. The smallest absolute Gasteiger partial charge is 0.315 e. The lowest BCUT2D eigenvalue weighted by Crippen LogP contribution is -2.54. The summed E-state index contributed by atoms with van der Waals surface area (Å²) in [6, 6.07) is 0.166. The van der Waals surface area contributed by atoms with Crippen molar-refractivity contribution in [3.05, 3.63) is 0 Å². The third kappa shape index (κ3) is 4.33. The van der Waals surface area contributed by atoms with Gasteiger partial charge in [-0.2, -0.15) is 0 Å². The zero-order chi connectivity index (χ0) is 13.6. The molecule has 1 saturated carbocycles. The van der Waals surface area contributed by atoms with Crippen LogP contribution in [0.3, 0.4) is 0 Å². The Kier molecular flexibility index (Phi) is 5.42. The average Bonchev–Trinajstić information content (AvgIpc) is 2.43. The first-order valence-electron chi connectivity index (χ1n) is 7.12. The van der Waals surface area contributed by atoms with Crippen molar-refractivity contribution in [3.63, 3.8) is 0 Å². The molecule has 1 saturated heterocycles. The number of amides is 2. The number of urea groups is 1. The third-order valence-electron chi connectivity index (χ3n) is 3.96. The SMILES string of the molecule is COCCNC(=O)NC1CCC2(CC1)CNCCO2. The Labute approximate surface area is 114 Å². The molecule has 6 nitrogen and oxygen atoms in total. The Balaban J connectivity index is 1.66. The summed E-state index contributed by atoms with van der Waals surface area (Å²) in [4.78, 5) is 11.6. The summed E-state index contributed by atoms with van der Waals surface area (Å²) in [6.45, 7) is 3.79. The predicted octanol–water partition coefficient (Wildman–Crippen LogP) is 0.233. The number of methoxy groups -OCH3 is 1. The summed E-state index contributed by atoms with van der Waals surface area (Å²) in [5.41, 5.74) is 0.0168. The van der Waals surface area contributed by atoms with Crippen LogP contribution in [0.15, 0.2) is 0 Å². The van der Waals surface area contributed by atoms with E-state index in [1.807, 2.05) is 0 Å². The van der Waals surface area contributed by atoms with Crippen LogP contribution in [0.25, 0.3) is 0 Å². The molecule has 2 aliphatic rings. The molecular weight excluding hydrogens is 246 g/mol. The molecule has 1 aliphatic carbocycles. The first kappa shape index (κ1) is 14.6. The second kappa shape index (κ2) is 7.07. The van der Waals surface area contributed by atoms with Crippen molar-refractivity contribution in [1.82, 2.24) is 16.0 Å². The molecule has 0 radical (unpaired) electrons. The maximum absolute atomic E-state index is 11.6. The van der Waals surface area contributed by atoms with Crippen molar-refractivity contribution in [2.75, 3.05) is 40.0 Å². The molecule has 2 fully saturated rings. The van der Waals surface area contributed by atoms with E-state index in [0.29, 0.717) is 13.2 Å². The fraction of sp³-hybridized carbons (Fsp3) is 0.923. The Morgan fingerprint density at radius 2 is 2.26 bits per heavy atom. The van der Waals surface area contributed by atoms with Gasteiger partial charge in [0.2, 0.25) is 0 Å². The monoisotopic (exact) mass is 271 g/mol. The third-order valence-corrected chi connectivity index (χ3v) is 3.96. The van der Waals surface area contributed by atoms with Gasteiger partial charge in [0.05, 0.1) is 18.8 Å². The topological polar surface area (TPSA) is 71.6 Å². The number of hydrogen-bond acceptors (Lipinski definition) is 4. The Bertz CT molecular complexity index is 283. The molecule has 0 bridgehead atoms. The van der Waals surface area contributed by atoms with Crippen molar-refractivity contribution >= 4 is 6.03 Å². The quantitative estimate of drug-likeness (QED) is 0.640. The lowest BCUT2D eigenvalue weighted by atomic mass is 9.81. The van der Waals surface area contributed by atoms with Gasteiger partial charge in [-0.05, 0) is 25.7 Å². The maximum Gasteiger partial charge on any atom is 0.315 e. The molecule has 0 unspecified atom stereocenters. The molecule has 110 valence electrons. The summed E-state index contributed by atoms with van der Waals surface area (Å²) in [5, 5.41) is 9.20. The van der Waals surface area contributed by atoms with E-state index < -0.39 is 0 Å². The number of rotatable bonds is 4. The molecule has 6 heteroatoms. The van der Waals surface area contributed by atoms with Crippen molar-refractivity contribution in [2.24, 2.45) is 0 Å². The number of nitrogens with one attached hydrogen (secondary N) is 3. The summed E-state index contributed by atoms with van der Waals surface area (Å²) in [7, 11) is 1.62. The Hall–Kier alpha value is -0.850. The van der Waals surface area contributed by atoms with E-state index in [1.54, 1.807) is 7.11 Å². The van der Waals surface area contributed by atoms with Gasteiger partial charge >= 0.3 is 6.03 Å². The van der Waals surface area contributed by atoms with Crippen LogP contribution in [0.5, 0.6) is 0 Å². The molecule has 0 aromatic rings. The van der Waals surface area contributed by atoms with Gasteiger partial charge in [0.25, 0.3) is 0 Å². The van der Waals surface area contributed by atoms with E-state index in [9.17, 15) is 4.79 Å². The highest BCUT2D eigenvalue weighted by Gasteiger charge is 2.37. The van der Waals surface area contributed by atoms with E-state index in [4.69, 9.17) is 9.47 Å². The van der Waals surface area contributed by atoms with Crippen LogP contribution in [0.1, 0.15) is 25.7 Å². The Morgan fingerprint density at radius 3 is 2.89 bits per heavy atom. The molecular formula is C13H25N3O3. The fourth-order valence-corrected chi connectivity index (χ4v) is 2.82. The van der Waals surface area contributed by atoms with Gasteiger partial charge < -0.3 is 25.4 Å². The van der Waals surface area contributed by atoms with E-state index >= 15 is 0 Å². The highest BCUT2D eigenvalue weighted by molar-refractivity contribution is 5.74. The molecule has 2 amide bonds. The molecule has 1 spiro atoms. The lowest BCUT2D eigenvalue weighted by Gasteiger charge is -2.42. The minimum Gasteiger partial charge on any atom is -0.383 e. The molecule has 1 aliphatic heterocycles. The fourth-order valence-electron chi connectivity index (χ4n) is 2.82. The molecule has 19 heavy (non-hydrogen) atoms. The molecule has 0 atom stereocenters. The maximum atomic E-state index is 11.6. The number of ether oxygens (including phenoxy) is 2. The molecule has 2 rings (SSSR count). The van der Waals surface area contributed by atoms with E-state index in [-0.39, 0.29) is 17.7 Å². The van der Waals surface area contributed by atoms with Crippen molar-refractivity contribution in [3.8, 4) is 0 Å². The zero-order valence-corrected chi connectivity index (χ0v) is 11.7. The summed E-state index contributed by atoms with van der Waals surface area (Å²) in [6.07, 6.45) is 4.00. The molecule has 1 heterocycles. The van der Waals surface area contributed by atoms with Gasteiger partial charge in [0.15, 0.2) is 0 Å². The van der Waals surface area contributed by atoms with Crippen LogP contribution in [0.2, 0.25) is 0 Å². The van der Waals surface area contributed by atoms with Crippen molar-refractivity contribution < 1.29 is 14.3 Å². The summed E-state index contributed by atoms with van der Waals surface area (Å²) in [5.74, 6) is 0. The van der Waals surface area contributed by atoms with Crippen molar-refractivity contribution in [1.29, 1.82) is 0 Å². The summed E-state index contributed by atoms with van der Waals surface area (Å²) < 4.78 is 10.8. The normalized spacial score (nSPS) is 31.1. The predicted molar refractivity (Wildman–Crippen MR) is 72.2 cm³/mol. The highest BCUT2D eigenvalue weighted by atomic mass is 16.5. The van der Waals surface area contributed by atoms with Gasteiger partial charge in [0, 0.05) is 32.8 Å². The number of hydrogen-bond donors (Lipinski definition) is 3. The van der Waals surface area contributed by atoms with Gasteiger partial charge in [-0.25, -0.2) is 4.79 Å². The highest BCUT2D eigenvalue weighted by Crippen LogP contribution is 2.32. The van der Waals surface area contributed by atoms with Crippen LogP contribution in [0, 0.1) is 0 Å². The van der Waals surface area contributed by atoms with Crippen LogP contribution in [-0.4, -0.2) is 57.6 Å². The summed E-state index contributed by atoms with van der Waals surface area (Å²) >= 11 is 0. The average molecular weight is 271 g/mol. The van der Waals surface area contributed by atoms with Gasteiger partial charge in [-0.1, -0.05) is 0 Å². The second-order valence-electron chi connectivity index (χ2n) is 5.38. The first-order valence-corrected chi connectivity index (χ1v) is 7.12. The van der Waals surface area contributed by atoms with Gasteiger partial charge in [0.1, 0.15) is 0 Å². The van der Waals surface area contributed by atoms with Crippen LogP contribution in [0.4, 0.5) is 4.79 Å². The molecule has 0 aromatic heterocycles. The largest absolute Gasteiger partial charge is 0.383 e. The van der Waals surface area contributed by atoms with E-state index in [1.165, 1.54) is 0 Å². The first-order chi connectivity index (χ1) is 9.24. The van der Waals surface area contributed by atoms with E-state index in [2.05, 4.69) is 16.0 Å².